The van der Waals surface area contributed by atoms with Crippen LogP contribution in [0.5, 0.6) is 0 Å². The van der Waals surface area contributed by atoms with E-state index in [0.29, 0.717) is 0 Å². The van der Waals surface area contributed by atoms with Crippen LogP contribution in [0.4, 0.5) is 27.6 Å². The summed E-state index contributed by atoms with van der Waals surface area (Å²) in [6.45, 7) is 1.60. The predicted octanol–water partition coefficient (Wildman–Crippen LogP) is 3.10. The normalized spacial score (nSPS) is 10.0. The number of nitrogens with zero attached hydrogens (tertiary/aromatic N) is 1. The third-order valence-corrected chi connectivity index (χ3v) is 2.66. The Kier molecular flexibility index (Phi) is 3.96. The van der Waals surface area contributed by atoms with Crippen molar-refractivity contribution in [2.75, 3.05) is 0 Å². The molecule has 0 bridgehead atoms. The Hall–Kier alpha value is -0.772. The van der Waals surface area contributed by atoms with Crippen LogP contribution in [0.15, 0.2) is 3.50 Å². The van der Waals surface area contributed by atoms with Gasteiger partial charge in [0.05, 0.1) is 0 Å². The van der Waals surface area contributed by atoms with Gasteiger partial charge in [0.2, 0.25) is 0 Å². The van der Waals surface area contributed by atoms with Crippen LogP contribution in [-0.2, 0) is 17.9 Å². The Bertz CT molecular complexity index is 436. The molecule has 0 spiro atoms. The first kappa shape index (κ1) is 12.3. The second-order valence-electron chi connectivity index (χ2n) is 2.35. The summed E-state index contributed by atoms with van der Waals surface area (Å²) >= 11 is -1.22. The van der Waals surface area contributed by atoms with Crippen molar-refractivity contribution < 1.29 is 39.9 Å². The van der Waals surface area contributed by atoms with E-state index in [9.17, 15) is 22.0 Å². The quantitative estimate of drug-likeness (QED) is 0.327. The van der Waals surface area contributed by atoms with E-state index < -0.39 is 52.7 Å². The summed E-state index contributed by atoms with van der Waals surface area (Å²) in [6, 6.07) is 0. The minimum absolute atomic E-state index is 1.08. The van der Waals surface area contributed by atoms with Gasteiger partial charge in [-0.1, -0.05) is 0 Å². The molecular weight excluding hydrogens is 301 g/mol. The van der Waals surface area contributed by atoms with Crippen molar-refractivity contribution in [2.45, 2.75) is 6.92 Å². The summed E-state index contributed by atoms with van der Waals surface area (Å²) in [7, 11) is 0. The molecule has 0 aliphatic heterocycles. The number of halogens is 5. The molecule has 15 heavy (non-hydrogen) atoms. The SMILES string of the molecule is C[CH]=[Mo]=[N]c1c(F)c(F)c(F)c(F)c1F. The van der Waals surface area contributed by atoms with E-state index >= 15 is 0 Å². The van der Waals surface area contributed by atoms with E-state index in [-0.39, 0.29) is 0 Å². The predicted molar refractivity (Wildman–Crippen MR) is 40.1 cm³/mol. The Morgan fingerprint density at radius 1 is 0.867 bits per heavy atom. The maximum absolute atomic E-state index is 12.9. The van der Waals surface area contributed by atoms with Crippen molar-refractivity contribution in [1.82, 2.24) is 0 Å². The van der Waals surface area contributed by atoms with E-state index in [2.05, 4.69) is 3.50 Å². The van der Waals surface area contributed by atoms with E-state index in [1.165, 1.54) is 0 Å². The maximum atomic E-state index is 12.9. The summed E-state index contributed by atoms with van der Waals surface area (Å²) < 4.78 is 68.5. The molecule has 0 radical (unpaired) electrons. The Morgan fingerprint density at radius 3 is 1.67 bits per heavy atom. The second-order valence-corrected chi connectivity index (χ2v) is 4.48. The fraction of sp³-hybridized carbons (Fsp3) is 0.125. The zero-order chi connectivity index (χ0) is 11.6. The minimum atomic E-state index is -2.16. The van der Waals surface area contributed by atoms with Crippen molar-refractivity contribution in [3.05, 3.63) is 29.1 Å². The molecule has 0 aliphatic rings. The van der Waals surface area contributed by atoms with Gasteiger partial charge in [-0.2, -0.15) is 0 Å². The van der Waals surface area contributed by atoms with Gasteiger partial charge in [-0.3, -0.25) is 0 Å². The third kappa shape index (κ3) is 2.25. The zero-order valence-corrected chi connectivity index (χ0v) is 9.33. The van der Waals surface area contributed by atoms with Gasteiger partial charge in [0.1, 0.15) is 0 Å². The van der Waals surface area contributed by atoms with Gasteiger partial charge in [-0.15, -0.1) is 0 Å². The fourth-order valence-corrected chi connectivity index (χ4v) is 1.69. The average molecular weight is 305 g/mol. The first-order valence-corrected chi connectivity index (χ1v) is 5.72. The second kappa shape index (κ2) is 4.83. The van der Waals surface area contributed by atoms with Crippen LogP contribution in [0.3, 0.4) is 0 Å². The van der Waals surface area contributed by atoms with Gasteiger partial charge in [-0.05, 0) is 0 Å². The molecule has 1 nitrogen and oxygen atoms in total. The summed E-state index contributed by atoms with van der Waals surface area (Å²) in [5.41, 5.74) is -1.08. The van der Waals surface area contributed by atoms with E-state index in [1.807, 2.05) is 0 Å². The molecule has 82 valence electrons. The molecule has 1 aromatic rings. The van der Waals surface area contributed by atoms with Gasteiger partial charge >= 0.3 is 89.5 Å². The molecule has 0 unspecified atom stereocenters. The van der Waals surface area contributed by atoms with Gasteiger partial charge in [-0.25, -0.2) is 0 Å². The molecule has 0 N–H and O–H groups in total. The van der Waals surface area contributed by atoms with Crippen molar-refractivity contribution in [2.24, 2.45) is 3.50 Å². The van der Waals surface area contributed by atoms with Gasteiger partial charge in [0.15, 0.2) is 0 Å². The molecule has 1 rings (SSSR count). The van der Waals surface area contributed by atoms with Crippen molar-refractivity contribution in [3.8, 4) is 0 Å². The van der Waals surface area contributed by atoms with Crippen molar-refractivity contribution in [3.63, 3.8) is 0 Å². The van der Waals surface area contributed by atoms with Crippen LogP contribution >= 0.6 is 0 Å². The van der Waals surface area contributed by atoms with Gasteiger partial charge in [0, 0.05) is 0 Å². The van der Waals surface area contributed by atoms with Gasteiger partial charge < -0.3 is 0 Å². The molecule has 0 aromatic heterocycles. The first-order chi connectivity index (χ1) is 7.00. The van der Waals surface area contributed by atoms with Gasteiger partial charge in [0.25, 0.3) is 0 Å². The Balaban J connectivity index is 3.59. The first-order valence-electron chi connectivity index (χ1n) is 3.66. The molecule has 0 fully saturated rings. The summed E-state index contributed by atoms with van der Waals surface area (Å²) in [6.07, 6.45) is 0. The Labute approximate surface area is 89.8 Å². The standard InChI is InChI=1S/C6F5N.C2H4.Mo/c7-1-2(8)4(10)6(12)5(11)3(1)9;1-2;/h;1H,2H3;. The fourth-order valence-electron chi connectivity index (χ4n) is 0.779. The molecule has 0 amide bonds. The number of benzene rings is 1. The molecule has 0 saturated heterocycles. The van der Waals surface area contributed by atoms with Crippen LogP contribution in [0.1, 0.15) is 6.92 Å². The van der Waals surface area contributed by atoms with Crippen LogP contribution in [-0.4, -0.2) is 4.40 Å². The summed E-state index contributed by atoms with van der Waals surface area (Å²) in [4.78, 5) is 0. The molecule has 0 heterocycles. The molecule has 0 aliphatic carbocycles. The van der Waals surface area contributed by atoms with Crippen molar-refractivity contribution in [1.29, 1.82) is 0 Å². The number of rotatable bonds is 1. The topological polar surface area (TPSA) is 12.4 Å². The molecule has 0 atom stereocenters. The summed E-state index contributed by atoms with van der Waals surface area (Å²) in [5, 5.41) is 0. The average Bonchev–Trinajstić information content (AvgIpc) is 2.24. The number of hydrogen-bond acceptors (Lipinski definition) is 1. The number of hydrogen-bond donors (Lipinski definition) is 0. The monoisotopic (exact) mass is 307 g/mol. The van der Waals surface area contributed by atoms with E-state index in [0.717, 1.165) is 0 Å². The van der Waals surface area contributed by atoms with Crippen LogP contribution in [0, 0.1) is 29.1 Å². The van der Waals surface area contributed by atoms with Crippen LogP contribution < -0.4 is 0 Å². The van der Waals surface area contributed by atoms with E-state index in [1.54, 1.807) is 11.3 Å². The van der Waals surface area contributed by atoms with Crippen LogP contribution in [0.25, 0.3) is 0 Å². The summed E-state index contributed by atoms with van der Waals surface area (Å²) in [5.74, 6) is -9.84. The molecule has 1 aromatic carbocycles. The van der Waals surface area contributed by atoms with E-state index in [4.69, 9.17) is 0 Å². The molecule has 0 saturated carbocycles. The zero-order valence-electron chi connectivity index (χ0n) is 7.32. The molecular formula is C8H4F5MoN. The Morgan fingerprint density at radius 2 is 1.27 bits per heavy atom. The third-order valence-electron chi connectivity index (χ3n) is 1.44. The van der Waals surface area contributed by atoms with Crippen molar-refractivity contribution >= 4 is 10.1 Å². The van der Waals surface area contributed by atoms with Crippen LogP contribution in [0.2, 0.25) is 0 Å². The molecule has 7 heteroatoms.